The number of hydrogen-bond donors (Lipinski definition) is 2. The number of carbonyl (C=O) groups is 2. The van der Waals surface area contributed by atoms with E-state index in [4.69, 9.17) is 0 Å². The van der Waals surface area contributed by atoms with E-state index in [1.807, 2.05) is 50.2 Å². The van der Waals surface area contributed by atoms with Gasteiger partial charge in [0, 0.05) is 30.6 Å². The van der Waals surface area contributed by atoms with Crippen molar-refractivity contribution in [2.24, 2.45) is 35.0 Å². The van der Waals surface area contributed by atoms with E-state index < -0.39 is 6.10 Å². The second kappa shape index (κ2) is 11.6. The summed E-state index contributed by atoms with van der Waals surface area (Å²) in [5.74, 6) is 2.12. The van der Waals surface area contributed by atoms with Crippen LogP contribution in [0.2, 0.25) is 0 Å². The van der Waals surface area contributed by atoms with E-state index in [1.165, 1.54) is 6.42 Å². The van der Waals surface area contributed by atoms with E-state index in [0.29, 0.717) is 36.3 Å². The van der Waals surface area contributed by atoms with Gasteiger partial charge in [0.15, 0.2) is 5.78 Å². The number of rotatable bonds is 9. The van der Waals surface area contributed by atoms with Crippen molar-refractivity contribution in [3.8, 4) is 11.1 Å². The fourth-order valence-electron chi connectivity index (χ4n) is 8.32. The van der Waals surface area contributed by atoms with Gasteiger partial charge in [-0.3, -0.25) is 14.5 Å². The molecule has 1 amide bonds. The van der Waals surface area contributed by atoms with Crippen LogP contribution in [-0.2, 0) is 11.3 Å². The number of Topliss-reactive ketones (excluding diaryl/α,β-unsaturated/α-hetero) is 1. The molecular formula is C35H49N3O3. The van der Waals surface area contributed by atoms with Gasteiger partial charge in [0.2, 0.25) is 5.91 Å². The number of nitrogens with zero attached hydrogens (tertiary/aromatic N) is 2. The number of likely N-dealkylation sites (tertiary alicyclic amines) is 1. The molecule has 2 bridgehead atoms. The van der Waals surface area contributed by atoms with Gasteiger partial charge in [-0.2, -0.15) is 0 Å². The standard InChI is InChI=1S/C35H49N3O3/c1-21-18-38(19-24-9-8-10-27(15-24)25-11-13-26(14-12-25)31(40)20-37(6)7)33(32(21)23(3)39)34(41)36-30-17-28-16-29(22(30)2)35(28,4)5/h8-15,21-23,28-30,32-33,39H,16-20H2,1-7H3,(H,36,41)/t21-,22-,23-,28+,29-,30?,32-,33-/m0/s1. The largest absolute Gasteiger partial charge is 0.393 e. The number of nitrogens with one attached hydrogen (secondary N) is 1. The Labute approximate surface area is 246 Å². The van der Waals surface area contributed by atoms with Crippen molar-refractivity contribution < 1.29 is 14.7 Å². The van der Waals surface area contributed by atoms with Gasteiger partial charge in [-0.15, -0.1) is 0 Å². The Morgan fingerprint density at radius 2 is 1.78 bits per heavy atom. The van der Waals surface area contributed by atoms with Crippen molar-refractivity contribution >= 4 is 11.7 Å². The maximum absolute atomic E-state index is 14.0. The quantitative estimate of drug-likeness (QED) is 0.418. The van der Waals surface area contributed by atoms with Gasteiger partial charge in [-0.25, -0.2) is 0 Å². The van der Waals surface area contributed by atoms with Gasteiger partial charge in [0.1, 0.15) is 0 Å². The zero-order chi connectivity index (χ0) is 29.6. The normalized spacial score (nSPS) is 31.5. The number of aliphatic hydroxyl groups is 1. The van der Waals surface area contributed by atoms with Crippen molar-refractivity contribution in [1.29, 1.82) is 0 Å². The number of amides is 1. The summed E-state index contributed by atoms with van der Waals surface area (Å²) in [4.78, 5) is 30.5. The van der Waals surface area contributed by atoms with Crippen molar-refractivity contribution in [1.82, 2.24) is 15.1 Å². The molecule has 3 aliphatic carbocycles. The summed E-state index contributed by atoms with van der Waals surface area (Å²) in [6.07, 6.45) is 1.79. The minimum absolute atomic E-state index is 0.0744. The lowest BCUT2D eigenvalue weighted by Gasteiger charge is -2.62. The molecule has 6 nitrogen and oxygen atoms in total. The van der Waals surface area contributed by atoms with E-state index in [1.54, 1.807) is 0 Å². The van der Waals surface area contributed by atoms with Crippen molar-refractivity contribution in [2.45, 2.75) is 72.2 Å². The summed E-state index contributed by atoms with van der Waals surface area (Å²) < 4.78 is 0. The lowest BCUT2D eigenvalue weighted by Crippen LogP contribution is -2.62. The molecule has 2 N–H and O–H groups in total. The zero-order valence-corrected chi connectivity index (χ0v) is 25.9. The first-order valence-corrected chi connectivity index (χ1v) is 15.5. The fourth-order valence-corrected chi connectivity index (χ4v) is 8.32. The number of benzene rings is 2. The van der Waals surface area contributed by atoms with Crippen molar-refractivity contribution in [3.63, 3.8) is 0 Å². The van der Waals surface area contributed by atoms with Crippen LogP contribution in [0.1, 0.15) is 63.4 Å². The highest BCUT2D eigenvalue weighted by Gasteiger charge is 2.57. The Bertz CT molecular complexity index is 1250. The zero-order valence-electron chi connectivity index (χ0n) is 25.9. The van der Waals surface area contributed by atoms with Crippen molar-refractivity contribution in [3.05, 3.63) is 59.7 Å². The SMILES string of the molecule is C[C@H](O)[C@H]1[C@@H](C(=O)NC2C[C@H]3C[C@@H]([C@@H]2C)C3(C)C)N(Cc2cccc(-c3ccc(C(=O)CN(C)C)cc3)c2)C[C@@H]1C. The fraction of sp³-hybridized carbons (Fsp3) is 0.600. The number of carbonyl (C=O) groups excluding carboxylic acids is 2. The Kier molecular flexibility index (Phi) is 8.48. The van der Waals surface area contributed by atoms with Crippen LogP contribution in [0.3, 0.4) is 0 Å². The van der Waals surface area contributed by atoms with Crippen LogP contribution in [0, 0.1) is 35.0 Å². The Balaban J connectivity index is 1.31. The summed E-state index contributed by atoms with van der Waals surface area (Å²) in [5.41, 5.74) is 4.39. The van der Waals surface area contributed by atoms with E-state index in [2.05, 4.69) is 62.2 Å². The van der Waals surface area contributed by atoms with Crippen LogP contribution in [0.15, 0.2) is 48.5 Å². The molecule has 2 aromatic rings. The minimum atomic E-state index is -0.554. The first-order valence-electron chi connectivity index (χ1n) is 15.5. The molecule has 41 heavy (non-hydrogen) atoms. The highest BCUT2D eigenvalue weighted by Crippen LogP contribution is 2.61. The van der Waals surface area contributed by atoms with Crippen LogP contribution in [0.4, 0.5) is 0 Å². The van der Waals surface area contributed by atoms with E-state index in [-0.39, 0.29) is 35.6 Å². The molecular weight excluding hydrogens is 510 g/mol. The van der Waals surface area contributed by atoms with Crippen LogP contribution in [0.5, 0.6) is 0 Å². The average molecular weight is 560 g/mol. The van der Waals surface area contributed by atoms with Crippen molar-refractivity contribution in [2.75, 3.05) is 27.2 Å². The summed E-state index contributed by atoms with van der Waals surface area (Å²) in [7, 11) is 3.80. The number of hydrogen-bond acceptors (Lipinski definition) is 5. The molecule has 3 saturated carbocycles. The molecule has 2 aromatic carbocycles. The first-order chi connectivity index (χ1) is 19.4. The second-order valence-corrected chi connectivity index (χ2v) is 14.2. The van der Waals surface area contributed by atoms with Gasteiger partial charge in [0.05, 0.1) is 18.7 Å². The van der Waals surface area contributed by atoms with Gasteiger partial charge >= 0.3 is 0 Å². The predicted octanol–water partition coefficient (Wildman–Crippen LogP) is 5.10. The van der Waals surface area contributed by atoms with Crippen LogP contribution in [0.25, 0.3) is 11.1 Å². The molecule has 6 rings (SSSR count). The summed E-state index contributed by atoms with van der Waals surface area (Å²) in [5, 5.41) is 14.2. The summed E-state index contributed by atoms with van der Waals surface area (Å²) in [6.45, 7) is 12.9. The average Bonchev–Trinajstić information content (AvgIpc) is 3.25. The molecule has 6 heteroatoms. The van der Waals surface area contributed by atoms with Gasteiger partial charge < -0.3 is 15.3 Å². The minimum Gasteiger partial charge on any atom is -0.393 e. The molecule has 0 radical (unpaired) electrons. The Hall–Kier alpha value is -2.54. The molecule has 0 aromatic heterocycles. The molecule has 4 fully saturated rings. The second-order valence-electron chi connectivity index (χ2n) is 14.2. The Morgan fingerprint density at radius 1 is 1.07 bits per heavy atom. The highest BCUT2D eigenvalue weighted by atomic mass is 16.3. The van der Waals surface area contributed by atoms with Gasteiger partial charge in [0.25, 0.3) is 0 Å². The highest BCUT2D eigenvalue weighted by molar-refractivity contribution is 5.98. The van der Waals surface area contributed by atoms with E-state index in [0.717, 1.165) is 35.2 Å². The molecule has 8 atom stereocenters. The molecule has 0 spiro atoms. The first kappa shape index (κ1) is 29.9. The van der Waals surface area contributed by atoms with Gasteiger partial charge in [-0.05, 0) is 85.7 Å². The van der Waals surface area contributed by atoms with Crippen LogP contribution in [-0.4, -0.2) is 72.0 Å². The third kappa shape index (κ3) is 5.89. The molecule has 222 valence electrons. The summed E-state index contributed by atoms with van der Waals surface area (Å²) >= 11 is 0. The number of aliphatic hydroxyl groups excluding tert-OH is 1. The van der Waals surface area contributed by atoms with Crippen LogP contribution >= 0.6 is 0 Å². The molecule has 1 aliphatic heterocycles. The lowest BCUT2D eigenvalue weighted by atomic mass is 9.45. The lowest BCUT2D eigenvalue weighted by molar-refractivity contribution is -0.139. The van der Waals surface area contributed by atoms with Gasteiger partial charge in [-0.1, -0.05) is 70.2 Å². The maximum Gasteiger partial charge on any atom is 0.237 e. The van der Waals surface area contributed by atoms with E-state index >= 15 is 0 Å². The molecule has 1 saturated heterocycles. The number of fused-ring (bicyclic) bond motifs is 2. The third-order valence-electron chi connectivity index (χ3n) is 10.8. The molecule has 4 aliphatic rings. The maximum atomic E-state index is 14.0. The van der Waals surface area contributed by atoms with Crippen LogP contribution < -0.4 is 5.32 Å². The number of ketones is 1. The topological polar surface area (TPSA) is 72.9 Å². The smallest absolute Gasteiger partial charge is 0.237 e. The van der Waals surface area contributed by atoms with E-state index in [9.17, 15) is 14.7 Å². The molecule has 1 heterocycles. The number of likely N-dealkylation sites (N-methyl/N-ethyl adjacent to an activating group) is 1. The third-order valence-corrected chi connectivity index (χ3v) is 10.8. The monoisotopic (exact) mass is 559 g/mol. The predicted molar refractivity (Wildman–Crippen MR) is 164 cm³/mol. The Morgan fingerprint density at radius 3 is 2.39 bits per heavy atom. The summed E-state index contributed by atoms with van der Waals surface area (Å²) in [6, 6.07) is 16.1. The molecule has 1 unspecified atom stereocenters.